The summed E-state index contributed by atoms with van der Waals surface area (Å²) in [6.45, 7) is 11.1. The Morgan fingerprint density at radius 2 is 1.32 bits per heavy atom. The van der Waals surface area contributed by atoms with Crippen LogP contribution in [0.1, 0.15) is 79.1 Å². The van der Waals surface area contributed by atoms with Crippen LogP contribution < -0.4 is 0 Å². The minimum atomic E-state index is -0.881. The van der Waals surface area contributed by atoms with Crippen molar-refractivity contribution in [1.29, 1.82) is 0 Å². The highest BCUT2D eigenvalue weighted by Crippen LogP contribution is 2.16. The molecule has 0 aliphatic heterocycles. The summed E-state index contributed by atoms with van der Waals surface area (Å²) in [5.41, 5.74) is 0. The second-order valence-corrected chi connectivity index (χ2v) is 6.24. The van der Waals surface area contributed by atoms with Gasteiger partial charge in [0.2, 0.25) is 0 Å². The van der Waals surface area contributed by atoms with Crippen LogP contribution in [0.2, 0.25) is 0 Å². The van der Waals surface area contributed by atoms with Crippen molar-refractivity contribution >= 4 is 18.6 Å². The van der Waals surface area contributed by atoms with E-state index in [2.05, 4.69) is 40.3 Å². The highest BCUT2D eigenvalue weighted by molar-refractivity contribution is 7.81. The smallest absolute Gasteiger partial charge is 0.313 e. The number of rotatable bonds is 13. The van der Waals surface area contributed by atoms with Crippen molar-refractivity contribution in [1.82, 2.24) is 0 Å². The molecule has 0 saturated heterocycles. The third-order valence-corrected chi connectivity index (χ3v) is 4.20. The lowest BCUT2D eigenvalue weighted by Crippen LogP contribution is -2.14. The first-order valence-electron chi connectivity index (χ1n) is 8.95. The van der Waals surface area contributed by atoms with E-state index in [9.17, 15) is 4.79 Å². The Kier molecular flexibility index (Phi) is 20.6. The van der Waals surface area contributed by atoms with E-state index < -0.39 is 5.97 Å². The molecular weight excluding hydrogens is 296 g/mol. The first-order chi connectivity index (χ1) is 10.5. The molecule has 22 heavy (non-hydrogen) atoms. The number of carboxylic acid groups (broad SMARTS) is 1. The summed E-state index contributed by atoms with van der Waals surface area (Å²) in [4.78, 5) is 9.29. The van der Waals surface area contributed by atoms with Crippen molar-refractivity contribution < 1.29 is 14.6 Å². The van der Waals surface area contributed by atoms with Crippen LogP contribution in [0.4, 0.5) is 0 Å². The van der Waals surface area contributed by atoms with Crippen LogP contribution in [-0.4, -0.2) is 30.0 Å². The van der Waals surface area contributed by atoms with E-state index in [0.717, 1.165) is 25.0 Å². The van der Waals surface area contributed by atoms with Gasteiger partial charge in [-0.25, -0.2) is 0 Å². The van der Waals surface area contributed by atoms with E-state index in [1.165, 1.54) is 51.4 Å². The maximum absolute atomic E-state index is 9.29. The Morgan fingerprint density at radius 3 is 1.55 bits per heavy atom. The predicted octanol–water partition coefficient (Wildman–Crippen LogP) is 5.44. The molecule has 134 valence electrons. The zero-order valence-electron chi connectivity index (χ0n) is 15.1. The number of hydrogen-bond donors (Lipinski definition) is 2. The highest BCUT2D eigenvalue weighted by Gasteiger charge is 2.09. The lowest BCUT2D eigenvalue weighted by molar-refractivity contribution is -0.133. The predicted molar refractivity (Wildman–Crippen MR) is 98.9 cm³/mol. The van der Waals surface area contributed by atoms with Gasteiger partial charge in [-0.15, -0.1) is 0 Å². The molecule has 0 saturated carbocycles. The molecule has 0 heterocycles. The maximum atomic E-state index is 9.29. The molecule has 0 aromatic heterocycles. The van der Waals surface area contributed by atoms with Gasteiger partial charge >= 0.3 is 5.97 Å². The van der Waals surface area contributed by atoms with Crippen molar-refractivity contribution in [2.75, 3.05) is 19.0 Å². The molecule has 0 bridgehead atoms. The lowest BCUT2D eigenvalue weighted by atomic mass is 9.99. The van der Waals surface area contributed by atoms with Crippen LogP contribution in [0, 0.1) is 11.8 Å². The zero-order valence-corrected chi connectivity index (χ0v) is 16.0. The first kappa shape index (κ1) is 24.0. The standard InChI is InChI=1S/C16H34O.C2H4O2S/c1-5-9-11-15(7-3)13-17-14-16(8-4)12-10-6-2;3-2(4)1-5/h15-16H,5-14H2,1-4H3;5H,1H2,(H,3,4). The monoisotopic (exact) mass is 334 g/mol. The largest absolute Gasteiger partial charge is 0.481 e. The van der Waals surface area contributed by atoms with E-state index in [4.69, 9.17) is 9.84 Å². The minimum Gasteiger partial charge on any atom is -0.481 e. The molecule has 2 atom stereocenters. The molecule has 0 aromatic rings. The average Bonchev–Trinajstić information content (AvgIpc) is 2.54. The van der Waals surface area contributed by atoms with Gasteiger partial charge in [-0.2, -0.15) is 12.6 Å². The van der Waals surface area contributed by atoms with Crippen molar-refractivity contribution in [2.24, 2.45) is 11.8 Å². The number of hydrogen-bond acceptors (Lipinski definition) is 3. The minimum absolute atomic E-state index is 0.0833. The zero-order chi connectivity index (χ0) is 17.2. The third-order valence-electron chi connectivity index (χ3n) is 3.93. The number of carboxylic acids is 1. The molecule has 0 amide bonds. The van der Waals surface area contributed by atoms with Gasteiger partial charge in [0.1, 0.15) is 0 Å². The molecule has 1 N–H and O–H groups in total. The number of aliphatic carboxylic acids is 1. The Hall–Kier alpha value is -0.220. The van der Waals surface area contributed by atoms with Crippen molar-refractivity contribution in [3.63, 3.8) is 0 Å². The summed E-state index contributed by atoms with van der Waals surface area (Å²) in [5.74, 6) is 0.616. The Morgan fingerprint density at radius 1 is 0.955 bits per heavy atom. The molecular formula is C18H38O3S. The fourth-order valence-electron chi connectivity index (χ4n) is 2.20. The Balaban J connectivity index is 0. The van der Waals surface area contributed by atoms with Gasteiger partial charge in [-0.3, -0.25) is 4.79 Å². The normalized spacial score (nSPS) is 13.1. The third kappa shape index (κ3) is 17.8. The molecule has 0 aromatic carbocycles. The fraction of sp³-hybridized carbons (Fsp3) is 0.944. The summed E-state index contributed by atoms with van der Waals surface area (Å²) in [6.07, 6.45) is 10.6. The number of thiol groups is 1. The van der Waals surface area contributed by atoms with E-state index in [1.54, 1.807) is 0 Å². The van der Waals surface area contributed by atoms with Gasteiger partial charge in [0, 0.05) is 13.2 Å². The van der Waals surface area contributed by atoms with Crippen LogP contribution in [-0.2, 0) is 9.53 Å². The molecule has 0 fully saturated rings. The molecule has 0 spiro atoms. The number of carbonyl (C=O) groups is 1. The van der Waals surface area contributed by atoms with E-state index in [0.29, 0.717) is 0 Å². The van der Waals surface area contributed by atoms with Crippen LogP contribution in [0.15, 0.2) is 0 Å². The quantitative estimate of drug-likeness (QED) is 0.441. The van der Waals surface area contributed by atoms with Crippen molar-refractivity contribution in [3.05, 3.63) is 0 Å². The summed E-state index contributed by atoms with van der Waals surface area (Å²) >= 11 is 3.42. The van der Waals surface area contributed by atoms with Gasteiger partial charge in [0.15, 0.2) is 0 Å². The average molecular weight is 335 g/mol. The van der Waals surface area contributed by atoms with Crippen molar-refractivity contribution in [2.45, 2.75) is 79.1 Å². The van der Waals surface area contributed by atoms with Gasteiger partial charge in [-0.05, 0) is 24.7 Å². The molecule has 0 aliphatic carbocycles. The van der Waals surface area contributed by atoms with Crippen LogP contribution >= 0.6 is 12.6 Å². The molecule has 3 nitrogen and oxygen atoms in total. The lowest BCUT2D eigenvalue weighted by Gasteiger charge is -2.18. The highest BCUT2D eigenvalue weighted by atomic mass is 32.1. The van der Waals surface area contributed by atoms with Gasteiger partial charge < -0.3 is 9.84 Å². The van der Waals surface area contributed by atoms with Gasteiger partial charge in [0.25, 0.3) is 0 Å². The Bertz CT molecular complexity index is 218. The maximum Gasteiger partial charge on any atom is 0.313 e. The molecule has 2 unspecified atom stereocenters. The number of ether oxygens (including phenoxy) is 1. The summed E-state index contributed by atoms with van der Waals surface area (Å²) < 4.78 is 5.93. The topological polar surface area (TPSA) is 46.5 Å². The Labute approximate surface area is 143 Å². The van der Waals surface area contributed by atoms with E-state index in [1.807, 2.05) is 0 Å². The van der Waals surface area contributed by atoms with E-state index in [-0.39, 0.29) is 5.75 Å². The van der Waals surface area contributed by atoms with Crippen LogP contribution in [0.3, 0.4) is 0 Å². The second kappa shape index (κ2) is 18.8. The van der Waals surface area contributed by atoms with Crippen LogP contribution in [0.25, 0.3) is 0 Å². The van der Waals surface area contributed by atoms with Gasteiger partial charge in [-0.1, -0.05) is 66.2 Å². The first-order valence-corrected chi connectivity index (χ1v) is 9.59. The summed E-state index contributed by atoms with van der Waals surface area (Å²) in [5, 5.41) is 7.65. The summed E-state index contributed by atoms with van der Waals surface area (Å²) in [7, 11) is 0. The molecule has 0 radical (unpaired) electrons. The van der Waals surface area contributed by atoms with E-state index >= 15 is 0 Å². The second-order valence-electron chi connectivity index (χ2n) is 5.92. The van der Waals surface area contributed by atoms with Crippen molar-refractivity contribution in [3.8, 4) is 0 Å². The molecule has 0 aliphatic rings. The van der Waals surface area contributed by atoms with Gasteiger partial charge in [0.05, 0.1) is 5.75 Å². The molecule has 0 rings (SSSR count). The van der Waals surface area contributed by atoms with Crippen LogP contribution in [0.5, 0.6) is 0 Å². The molecule has 4 heteroatoms. The fourth-order valence-corrected chi connectivity index (χ4v) is 2.20. The SMILES string of the molecule is CCCCC(CC)COCC(CC)CCCC.O=C(O)CS. The summed E-state index contributed by atoms with van der Waals surface area (Å²) in [6, 6.07) is 0. The number of unbranched alkanes of at least 4 members (excludes halogenated alkanes) is 2.